The molecule has 2 rings (SSSR count). The molecule has 0 radical (unpaired) electrons. The molecule has 1 N–H and O–H groups in total. The van der Waals surface area contributed by atoms with Gasteiger partial charge in [-0.15, -0.1) is 0 Å². The van der Waals surface area contributed by atoms with Crippen LogP contribution in [0, 0.1) is 12.7 Å². The van der Waals surface area contributed by atoms with Gasteiger partial charge in [-0.25, -0.2) is 9.18 Å². The van der Waals surface area contributed by atoms with E-state index in [1.807, 2.05) is 13.0 Å². The zero-order valence-electron chi connectivity index (χ0n) is 10.7. The average Bonchev–Trinajstić information content (AvgIpc) is 2.38. The van der Waals surface area contributed by atoms with Gasteiger partial charge in [-0.3, -0.25) is 0 Å². The maximum absolute atomic E-state index is 13.7. The van der Waals surface area contributed by atoms with Gasteiger partial charge >= 0.3 is 5.97 Å². The number of benzene rings is 2. The Morgan fingerprint density at radius 1 is 1.35 bits per heavy atom. The number of hydrogen-bond acceptors (Lipinski definition) is 2. The van der Waals surface area contributed by atoms with Gasteiger partial charge in [0.25, 0.3) is 0 Å². The Labute approximate surface area is 120 Å². The van der Waals surface area contributed by atoms with Crippen molar-refractivity contribution >= 4 is 17.6 Å². The highest BCUT2D eigenvalue weighted by Gasteiger charge is 2.16. The summed E-state index contributed by atoms with van der Waals surface area (Å²) in [6.45, 7) is 1.90. The maximum Gasteiger partial charge on any atom is 0.339 e. The Bertz CT molecular complexity index is 656. The van der Waals surface area contributed by atoms with Gasteiger partial charge in [-0.05, 0) is 30.7 Å². The number of aryl methyl sites for hydroxylation is 1. The van der Waals surface area contributed by atoms with E-state index in [0.717, 1.165) is 11.6 Å². The number of aromatic carboxylic acids is 1. The molecule has 0 aliphatic rings. The molecular weight excluding hydrogens is 283 g/mol. The third-order valence-electron chi connectivity index (χ3n) is 2.78. The first-order valence-electron chi connectivity index (χ1n) is 5.88. The minimum atomic E-state index is -1.24. The zero-order valence-corrected chi connectivity index (χ0v) is 11.4. The maximum atomic E-state index is 13.7. The van der Waals surface area contributed by atoms with Crippen LogP contribution in [0.5, 0.6) is 5.75 Å². The van der Waals surface area contributed by atoms with E-state index in [1.165, 1.54) is 12.1 Å². The first kappa shape index (κ1) is 14.3. The van der Waals surface area contributed by atoms with Crippen LogP contribution in [0.15, 0.2) is 36.4 Å². The van der Waals surface area contributed by atoms with Crippen molar-refractivity contribution in [2.45, 2.75) is 13.5 Å². The first-order valence-corrected chi connectivity index (χ1v) is 6.26. The predicted molar refractivity (Wildman–Crippen MR) is 73.9 cm³/mol. The molecule has 0 bridgehead atoms. The molecule has 3 nitrogen and oxygen atoms in total. The Balaban J connectivity index is 2.25. The standard InChI is InChI=1S/C15H12ClFO3/c1-9-5-6-10(12(16)7-9)8-20-14-11(15(18)19)3-2-4-13(14)17/h2-7H,8H2,1H3,(H,18,19). The molecule has 2 aromatic carbocycles. The van der Waals surface area contributed by atoms with Crippen LogP contribution in [0.4, 0.5) is 4.39 Å². The van der Waals surface area contributed by atoms with E-state index in [-0.39, 0.29) is 17.9 Å². The summed E-state index contributed by atoms with van der Waals surface area (Å²) < 4.78 is 19.0. The molecule has 0 spiro atoms. The van der Waals surface area contributed by atoms with Crippen LogP contribution in [-0.4, -0.2) is 11.1 Å². The fourth-order valence-electron chi connectivity index (χ4n) is 1.74. The number of carbonyl (C=O) groups is 1. The van der Waals surface area contributed by atoms with Gasteiger partial charge < -0.3 is 9.84 Å². The Hall–Kier alpha value is -2.07. The molecule has 104 valence electrons. The van der Waals surface area contributed by atoms with Crippen molar-refractivity contribution in [2.24, 2.45) is 0 Å². The molecule has 0 saturated heterocycles. The van der Waals surface area contributed by atoms with Crippen molar-refractivity contribution in [1.82, 2.24) is 0 Å². The summed E-state index contributed by atoms with van der Waals surface area (Å²) in [5, 5.41) is 9.50. The van der Waals surface area contributed by atoms with Gasteiger partial charge in [-0.2, -0.15) is 0 Å². The van der Waals surface area contributed by atoms with Crippen molar-refractivity contribution in [3.05, 3.63) is 63.9 Å². The lowest BCUT2D eigenvalue weighted by Crippen LogP contribution is -2.05. The van der Waals surface area contributed by atoms with Gasteiger partial charge in [-0.1, -0.05) is 29.8 Å². The van der Waals surface area contributed by atoms with Gasteiger partial charge in [0.15, 0.2) is 11.6 Å². The Morgan fingerprint density at radius 2 is 2.10 bits per heavy atom. The number of carboxylic acid groups (broad SMARTS) is 1. The molecule has 5 heteroatoms. The van der Waals surface area contributed by atoms with E-state index in [9.17, 15) is 9.18 Å². The second-order valence-electron chi connectivity index (χ2n) is 4.31. The fourth-order valence-corrected chi connectivity index (χ4v) is 2.03. The molecule has 0 amide bonds. The third kappa shape index (κ3) is 3.08. The summed E-state index contributed by atoms with van der Waals surface area (Å²) in [6, 6.07) is 9.14. The largest absolute Gasteiger partial charge is 0.485 e. The number of halogens is 2. The molecule has 0 aliphatic carbocycles. The second-order valence-corrected chi connectivity index (χ2v) is 4.71. The molecule has 0 aliphatic heterocycles. The van der Waals surface area contributed by atoms with Gasteiger partial charge in [0.05, 0.1) is 0 Å². The van der Waals surface area contributed by atoms with Crippen molar-refractivity contribution in [1.29, 1.82) is 0 Å². The van der Waals surface area contributed by atoms with E-state index in [4.69, 9.17) is 21.4 Å². The normalized spacial score (nSPS) is 10.3. The van der Waals surface area contributed by atoms with Crippen LogP contribution in [0.25, 0.3) is 0 Å². The van der Waals surface area contributed by atoms with Crippen LogP contribution in [0.3, 0.4) is 0 Å². The molecule has 0 fully saturated rings. The molecule has 0 aromatic heterocycles. The average molecular weight is 295 g/mol. The zero-order chi connectivity index (χ0) is 14.7. The van der Waals surface area contributed by atoms with Crippen LogP contribution < -0.4 is 4.74 Å². The minimum Gasteiger partial charge on any atom is -0.485 e. The van der Waals surface area contributed by atoms with E-state index in [2.05, 4.69) is 0 Å². The summed E-state index contributed by atoms with van der Waals surface area (Å²) in [4.78, 5) is 11.0. The lowest BCUT2D eigenvalue weighted by atomic mass is 10.1. The van der Waals surface area contributed by atoms with Gasteiger partial charge in [0, 0.05) is 10.6 Å². The summed E-state index contributed by atoms with van der Waals surface area (Å²) in [5.74, 6) is -2.24. The second kappa shape index (κ2) is 5.92. The molecule has 0 heterocycles. The van der Waals surface area contributed by atoms with Crippen LogP contribution in [0.1, 0.15) is 21.5 Å². The molecule has 0 unspecified atom stereocenters. The fraction of sp³-hybridized carbons (Fsp3) is 0.133. The first-order chi connectivity index (χ1) is 9.49. The number of para-hydroxylation sites is 1. The van der Waals surface area contributed by atoms with Crippen molar-refractivity contribution in [3.63, 3.8) is 0 Å². The summed E-state index contributed by atoms with van der Waals surface area (Å²) in [6.07, 6.45) is 0. The molecule has 0 saturated carbocycles. The van der Waals surface area contributed by atoms with E-state index < -0.39 is 11.8 Å². The molecule has 20 heavy (non-hydrogen) atoms. The smallest absolute Gasteiger partial charge is 0.339 e. The number of hydrogen-bond donors (Lipinski definition) is 1. The number of carboxylic acids is 1. The van der Waals surface area contributed by atoms with Gasteiger partial charge in [0.2, 0.25) is 0 Å². The van der Waals surface area contributed by atoms with E-state index >= 15 is 0 Å². The van der Waals surface area contributed by atoms with Crippen LogP contribution in [0.2, 0.25) is 5.02 Å². The quantitative estimate of drug-likeness (QED) is 0.925. The number of ether oxygens (including phenoxy) is 1. The predicted octanol–water partition coefficient (Wildman–Crippen LogP) is 4.06. The monoisotopic (exact) mass is 294 g/mol. The lowest BCUT2D eigenvalue weighted by Gasteiger charge is -2.11. The van der Waals surface area contributed by atoms with E-state index in [1.54, 1.807) is 12.1 Å². The summed E-state index contributed by atoms with van der Waals surface area (Å²) in [7, 11) is 0. The Kier molecular flexibility index (Phi) is 4.25. The highest BCUT2D eigenvalue weighted by molar-refractivity contribution is 6.31. The minimum absolute atomic E-state index is 0.000324. The van der Waals surface area contributed by atoms with E-state index in [0.29, 0.717) is 10.6 Å². The van der Waals surface area contributed by atoms with Crippen molar-refractivity contribution in [2.75, 3.05) is 0 Å². The Morgan fingerprint density at radius 3 is 2.75 bits per heavy atom. The third-order valence-corrected chi connectivity index (χ3v) is 3.13. The lowest BCUT2D eigenvalue weighted by molar-refractivity contribution is 0.0690. The highest BCUT2D eigenvalue weighted by atomic mass is 35.5. The number of rotatable bonds is 4. The molecular formula is C15H12ClFO3. The van der Waals surface area contributed by atoms with Gasteiger partial charge in [0.1, 0.15) is 12.2 Å². The van der Waals surface area contributed by atoms with Crippen molar-refractivity contribution < 1.29 is 19.0 Å². The SMILES string of the molecule is Cc1ccc(COc2c(F)cccc2C(=O)O)c(Cl)c1. The van der Waals surface area contributed by atoms with Crippen LogP contribution >= 0.6 is 11.6 Å². The highest BCUT2D eigenvalue weighted by Crippen LogP contribution is 2.25. The molecule has 0 atom stereocenters. The summed E-state index contributed by atoms with van der Waals surface area (Å²) >= 11 is 6.05. The van der Waals surface area contributed by atoms with Crippen molar-refractivity contribution in [3.8, 4) is 5.75 Å². The molecule has 2 aromatic rings. The topological polar surface area (TPSA) is 46.5 Å². The van der Waals surface area contributed by atoms with Crippen LogP contribution in [-0.2, 0) is 6.61 Å². The summed E-state index contributed by atoms with van der Waals surface area (Å²) in [5.41, 5.74) is 1.45.